The molecule has 0 aliphatic carbocycles. The maximum atomic E-state index is 14.6. The highest BCUT2D eigenvalue weighted by atomic mass is 35.5. The predicted molar refractivity (Wildman–Crippen MR) is 255 cm³/mol. The van der Waals surface area contributed by atoms with Crippen LogP contribution in [0.4, 0.5) is 23.3 Å². The number of nitrogens with two attached hydrogens (primary N) is 1. The van der Waals surface area contributed by atoms with Gasteiger partial charge >= 0.3 is 0 Å². The Hall–Kier alpha value is -8.16. The third kappa shape index (κ3) is 8.05. The maximum Gasteiger partial charge on any atom is 0.295 e. The van der Waals surface area contributed by atoms with Crippen LogP contribution in [-0.4, -0.2) is 102 Å². The Morgan fingerprint density at radius 3 is 1.70 bits per heavy atom. The number of aromatic amines is 2. The molecule has 30 heteroatoms. The first kappa shape index (κ1) is 45.3. The molecule has 2 aliphatic heterocycles. The number of nitrogen functional groups attached to an aromatic ring is 1. The smallest absolute Gasteiger partial charge is 0.295 e. The van der Waals surface area contributed by atoms with Crippen LogP contribution in [0.15, 0.2) is 117 Å². The molecule has 4 aromatic heterocycles. The van der Waals surface area contributed by atoms with Gasteiger partial charge in [-0.25, -0.2) is 38.3 Å². The molecule has 11 rings (SSSR count). The lowest BCUT2D eigenvalue weighted by Crippen LogP contribution is -2.14. The third-order valence-electron chi connectivity index (χ3n) is 10.9. The Balaban J connectivity index is 1.22. The summed E-state index contributed by atoms with van der Waals surface area (Å²) >= 11 is 5.93. The van der Waals surface area contributed by atoms with E-state index in [9.17, 15) is 47.3 Å². The number of H-pyrrole nitrogens is 2. The number of benzene rings is 5. The van der Waals surface area contributed by atoms with Crippen molar-refractivity contribution in [2.24, 2.45) is 0 Å². The van der Waals surface area contributed by atoms with E-state index < -0.39 is 60.0 Å². The molecule has 0 amide bonds. The van der Waals surface area contributed by atoms with Crippen LogP contribution >= 0.6 is 11.6 Å². The Morgan fingerprint density at radius 1 is 0.493 bits per heavy atom. The molecule has 5 aromatic carbocycles. The van der Waals surface area contributed by atoms with Gasteiger partial charge in [0.2, 0.25) is 17.2 Å². The summed E-state index contributed by atoms with van der Waals surface area (Å²) in [6.45, 7) is 0. The number of aromatic nitrogens is 11. The lowest BCUT2D eigenvalue weighted by Gasteiger charge is -2.13. The van der Waals surface area contributed by atoms with Gasteiger partial charge in [-0.2, -0.15) is 40.2 Å². The second-order valence-electron chi connectivity index (χ2n) is 15.4. The minimum absolute atomic E-state index is 0.00129. The average Bonchev–Trinajstić information content (AvgIpc) is 4.03. The maximum absolute atomic E-state index is 14.6. The van der Waals surface area contributed by atoms with E-state index in [0.717, 1.165) is 24.3 Å². The third-order valence-corrected chi connectivity index (χ3v) is 15.1. The molecule has 0 saturated carbocycles. The molecule has 0 radical (unpaired) electrons. The van der Waals surface area contributed by atoms with Crippen molar-refractivity contribution >= 4 is 119 Å². The first-order valence-electron chi connectivity index (χ1n) is 19.9. The van der Waals surface area contributed by atoms with Gasteiger partial charge in [0.25, 0.3) is 40.4 Å². The Kier molecular flexibility index (Phi) is 10.2. The van der Waals surface area contributed by atoms with Gasteiger partial charge in [0.15, 0.2) is 23.3 Å². The monoisotopic (exact) mass is 1050 g/mol. The summed E-state index contributed by atoms with van der Waals surface area (Å²) in [4.78, 5) is 43.2. The highest BCUT2D eigenvalue weighted by Crippen LogP contribution is 2.42. The molecule has 0 spiro atoms. The SMILES string of the molecule is Nc1nc(Cl)nc(Nc2cccc(NS(=O)(=O)c3cccc4c3-c3nc-4nc4[nH]c(nc5nc(nc6[nH]c(n3)c3cc(S(=O)(=O)O)ccc63)-c3cccc(S(=O)(=O)O)c3-5)c3cccc(S(=O)(=O)O)c43)c2)n1. The molecular weight excluding hydrogens is 1030 g/mol. The minimum atomic E-state index is -5.02. The Morgan fingerprint density at radius 2 is 1.04 bits per heavy atom. The molecule has 0 unspecified atom stereocenters. The molecule has 9 aromatic rings. The zero-order chi connectivity index (χ0) is 49.9. The topological polar surface area (TPSA) is 395 Å². The summed E-state index contributed by atoms with van der Waals surface area (Å²) in [6.07, 6.45) is 0. The van der Waals surface area contributed by atoms with Gasteiger partial charge < -0.3 is 21.0 Å². The molecule has 356 valence electrons. The van der Waals surface area contributed by atoms with Crippen LogP contribution in [0.25, 0.3) is 89.7 Å². The highest BCUT2D eigenvalue weighted by Gasteiger charge is 2.32. The lowest BCUT2D eigenvalue weighted by molar-refractivity contribution is 0.481. The summed E-state index contributed by atoms with van der Waals surface area (Å²) in [5.41, 5.74) is 5.01. The second kappa shape index (κ2) is 15.9. The molecule has 6 heterocycles. The highest BCUT2D eigenvalue weighted by molar-refractivity contribution is 7.93. The lowest BCUT2D eigenvalue weighted by atomic mass is 10.1. The van der Waals surface area contributed by atoms with E-state index in [0.29, 0.717) is 5.69 Å². The van der Waals surface area contributed by atoms with Crippen molar-refractivity contribution in [1.29, 1.82) is 0 Å². The summed E-state index contributed by atoms with van der Waals surface area (Å²) in [7, 11) is -19.5. The van der Waals surface area contributed by atoms with Gasteiger partial charge in [-0.05, 0) is 66.2 Å². The van der Waals surface area contributed by atoms with Crippen LogP contribution in [0, 0.1) is 0 Å². The van der Waals surface area contributed by atoms with Crippen molar-refractivity contribution in [2.45, 2.75) is 19.6 Å². The first-order valence-corrected chi connectivity index (χ1v) is 26.1. The molecule has 0 saturated heterocycles. The number of hydrogen-bond donors (Lipinski definition) is 8. The number of halogens is 1. The summed E-state index contributed by atoms with van der Waals surface area (Å²) < 4.78 is 139. The summed E-state index contributed by atoms with van der Waals surface area (Å²) in [5.74, 6) is -1.36. The second-order valence-corrected chi connectivity index (χ2v) is 21.6. The van der Waals surface area contributed by atoms with Crippen LogP contribution in [0.1, 0.15) is 0 Å². The number of hydrogen-bond acceptors (Lipinski definition) is 19. The van der Waals surface area contributed by atoms with E-state index in [4.69, 9.17) is 22.3 Å². The van der Waals surface area contributed by atoms with Gasteiger partial charge in [0.1, 0.15) is 32.4 Å². The molecule has 25 nitrogen and oxygen atoms in total. The largest absolute Gasteiger partial charge is 0.368 e. The minimum Gasteiger partial charge on any atom is -0.368 e. The van der Waals surface area contributed by atoms with Gasteiger partial charge in [-0.3, -0.25) is 18.4 Å². The fraction of sp³-hybridized carbons (Fsp3) is 0. The first-order chi connectivity index (χ1) is 33.6. The molecule has 0 atom stereocenters. The van der Waals surface area contributed by atoms with E-state index in [1.807, 2.05) is 0 Å². The van der Waals surface area contributed by atoms with Crippen molar-refractivity contribution in [1.82, 2.24) is 54.8 Å². The van der Waals surface area contributed by atoms with E-state index in [-0.39, 0.29) is 113 Å². The fourth-order valence-corrected chi connectivity index (χ4v) is 11.4. The standard InChI is InChI=1S/C41H25ClN14O11S4/c42-39-53-40(43)55-41(54-39)44-17-5-1-6-18(15-17)56-68(57,58)25-10-2-7-21-28(25)36-48-33(21)49-38-30-23(9-4-12-27(30)71(65,66)67)34(51-38)50-37-29-22(8-3-11-26(29)70(62,63)64)32(47-37)45-31-20-14-13-19(69(59,60)61)16-24(20)35(46-31)52-36/h1-16,56H,(H,59,60,61)(H,62,63,64)(H,65,66,67)(H3,43,44,53,54,55)(H2,45,46,47,48,49,50,51,52). The van der Waals surface area contributed by atoms with E-state index in [2.05, 4.69) is 59.9 Å². The summed E-state index contributed by atoms with van der Waals surface area (Å²) in [6, 6.07) is 21.2. The number of fused-ring (bicyclic) bond motifs is 20. The van der Waals surface area contributed by atoms with Crippen LogP contribution in [-0.2, 0) is 40.4 Å². The van der Waals surface area contributed by atoms with Gasteiger partial charge in [0, 0.05) is 38.4 Å². The number of sulfonamides is 1. The number of nitrogens with one attached hydrogen (secondary N) is 4. The van der Waals surface area contributed by atoms with Crippen molar-refractivity contribution in [3.05, 3.63) is 102 Å². The molecule has 0 fully saturated rings. The van der Waals surface area contributed by atoms with E-state index >= 15 is 0 Å². The van der Waals surface area contributed by atoms with Gasteiger partial charge in [-0.1, -0.05) is 42.5 Å². The molecule has 2 aliphatic rings. The molecular formula is C41H25ClN14O11S4. The summed E-state index contributed by atoms with van der Waals surface area (Å²) in [5, 5.41) is 2.63. The number of anilines is 4. The Labute approximate surface area is 402 Å². The van der Waals surface area contributed by atoms with Crippen molar-refractivity contribution in [3.63, 3.8) is 0 Å². The van der Waals surface area contributed by atoms with E-state index in [1.165, 1.54) is 66.7 Å². The quantitative estimate of drug-likeness (QED) is 0.0861. The molecule has 8 bridgehead atoms. The Bertz CT molecular complexity index is 4500. The normalized spacial score (nSPS) is 12.7. The fourth-order valence-electron chi connectivity index (χ4n) is 8.06. The molecule has 71 heavy (non-hydrogen) atoms. The van der Waals surface area contributed by atoms with Crippen molar-refractivity contribution in [3.8, 4) is 45.6 Å². The van der Waals surface area contributed by atoms with Crippen LogP contribution in [0.3, 0.4) is 0 Å². The van der Waals surface area contributed by atoms with Crippen LogP contribution in [0.5, 0.6) is 0 Å². The predicted octanol–water partition coefficient (Wildman–Crippen LogP) is 5.57. The number of nitrogens with zero attached hydrogens (tertiary/aromatic N) is 9. The number of rotatable bonds is 8. The van der Waals surface area contributed by atoms with Crippen LogP contribution < -0.4 is 15.8 Å². The van der Waals surface area contributed by atoms with E-state index in [1.54, 1.807) is 6.07 Å². The van der Waals surface area contributed by atoms with Crippen LogP contribution in [0.2, 0.25) is 5.28 Å². The average molecular weight is 1050 g/mol. The molecule has 9 N–H and O–H groups in total. The van der Waals surface area contributed by atoms with Crippen molar-refractivity contribution < 1.29 is 47.3 Å². The van der Waals surface area contributed by atoms with Gasteiger partial charge in [0.05, 0.1) is 26.6 Å². The zero-order valence-corrected chi connectivity index (χ0v) is 39.0. The van der Waals surface area contributed by atoms with Crippen molar-refractivity contribution in [2.75, 3.05) is 15.8 Å². The van der Waals surface area contributed by atoms with Gasteiger partial charge in [-0.15, -0.1) is 0 Å². The zero-order valence-electron chi connectivity index (χ0n) is 35.0.